The Kier molecular flexibility index (Phi) is 14.5. The van der Waals surface area contributed by atoms with E-state index in [0.29, 0.717) is 38.9 Å². The molecular formula is C35H47N5O6S. The van der Waals surface area contributed by atoms with Gasteiger partial charge in [-0.15, -0.1) is 0 Å². The van der Waals surface area contributed by atoms with Crippen LogP contribution in [0.1, 0.15) is 71.9 Å². The maximum Gasteiger partial charge on any atom is 0.253 e. The average molecular weight is 666 g/mol. The number of hydrogen-bond acceptors (Lipinski definition) is 7. The van der Waals surface area contributed by atoms with Crippen LogP contribution in [0.4, 0.5) is 0 Å². The van der Waals surface area contributed by atoms with Gasteiger partial charge in [-0.3, -0.25) is 19.8 Å². The summed E-state index contributed by atoms with van der Waals surface area (Å²) in [6, 6.07) is 21.4. The number of sulfonamides is 1. The Hall–Kier alpha value is -4.10. The monoisotopic (exact) mass is 665 g/mol. The zero-order valence-electron chi connectivity index (χ0n) is 27.4. The van der Waals surface area contributed by atoms with Crippen LogP contribution < -0.4 is 15.9 Å². The molecule has 0 radical (unpaired) electrons. The highest BCUT2D eigenvalue weighted by Crippen LogP contribution is 2.18. The van der Waals surface area contributed by atoms with Crippen LogP contribution >= 0.6 is 0 Å². The first kappa shape index (κ1) is 37.4. The lowest BCUT2D eigenvalue weighted by atomic mass is 10.00. The molecule has 0 bridgehead atoms. The molecule has 0 saturated carbocycles. The molecule has 0 heterocycles. The third kappa shape index (κ3) is 11.9. The Morgan fingerprint density at radius 3 is 1.91 bits per heavy atom. The molecule has 3 amide bonds. The fourth-order valence-electron chi connectivity index (χ4n) is 5.27. The van der Waals surface area contributed by atoms with Crippen LogP contribution in [0.3, 0.4) is 0 Å². The van der Waals surface area contributed by atoms with Crippen LogP contribution in [-0.2, 0) is 27.7 Å². The molecule has 254 valence electrons. The number of hydrazine groups is 1. The Labute approximate surface area is 278 Å². The minimum absolute atomic E-state index is 0.0100. The van der Waals surface area contributed by atoms with Crippen molar-refractivity contribution in [3.63, 3.8) is 0 Å². The molecule has 0 spiro atoms. The Balaban J connectivity index is 1.89. The quantitative estimate of drug-likeness (QED) is 0.152. The molecule has 0 saturated heterocycles. The molecule has 11 nitrogen and oxygen atoms in total. The van der Waals surface area contributed by atoms with E-state index in [1.165, 1.54) is 12.1 Å². The third-order valence-electron chi connectivity index (χ3n) is 7.49. The van der Waals surface area contributed by atoms with E-state index < -0.39 is 34.0 Å². The van der Waals surface area contributed by atoms with E-state index in [-0.39, 0.29) is 41.3 Å². The lowest BCUT2D eigenvalue weighted by Gasteiger charge is -2.30. The molecule has 12 heteroatoms. The van der Waals surface area contributed by atoms with Crippen LogP contribution in [0.5, 0.6) is 0 Å². The van der Waals surface area contributed by atoms with Crippen molar-refractivity contribution < 1.29 is 27.9 Å². The Bertz CT molecular complexity index is 1560. The molecule has 0 aromatic heterocycles. The van der Waals surface area contributed by atoms with Gasteiger partial charge in [0.25, 0.3) is 11.8 Å². The van der Waals surface area contributed by atoms with E-state index >= 15 is 0 Å². The zero-order valence-corrected chi connectivity index (χ0v) is 28.2. The van der Waals surface area contributed by atoms with Gasteiger partial charge in [-0.1, -0.05) is 81.4 Å². The van der Waals surface area contributed by atoms with E-state index in [0.717, 1.165) is 17.2 Å². The van der Waals surface area contributed by atoms with Gasteiger partial charge in [-0.2, -0.15) is 0 Å². The van der Waals surface area contributed by atoms with Gasteiger partial charge in [0.1, 0.15) is 0 Å². The summed E-state index contributed by atoms with van der Waals surface area (Å²) in [7, 11) is -4.26. The molecule has 0 aliphatic rings. The fourth-order valence-corrected chi connectivity index (χ4v) is 5.85. The van der Waals surface area contributed by atoms with Gasteiger partial charge in [0.15, 0.2) is 0 Å². The largest absolute Gasteiger partial charge is 0.390 e. The molecule has 3 aromatic rings. The number of hydrogen-bond donors (Lipinski definition) is 4. The van der Waals surface area contributed by atoms with E-state index in [2.05, 4.69) is 10.7 Å². The maximum absolute atomic E-state index is 13.8. The van der Waals surface area contributed by atoms with Crippen LogP contribution in [-0.4, -0.2) is 79.5 Å². The predicted octanol–water partition coefficient (Wildman–Crippen LogP) is 3.28. The molecule has 0 aliphatic heterocycles. The first-order valence-corrected chi connectivity index (χ1v) is 17.6. The summed E-state index contributed by atoms with van der Waals surface area (Å²) < 4.78 is 24.8. The molecule has 3 rings (SSSR count). The molecular weight excluding hydrogens is 618 g/mol. The van der Waals surface area contributed by atoms with E-state index in [1.54, 1.807) is 9.91 Å². The summed E-state index contributed by atoms with van der Waals surface area (Å²) >= 11 is 0. The van der Waals surface area contributed by atoms with Crippen LogP contribution in [0, 0.1) is 0 Å². The predicted molar refractivity (Wildman–Crippen MR) is 182 cm³/mol. The van der Waals surface area contributed by atoms with Gasteiger partial charge in [0.05, 0.1) is 23.5 Å². The standard InChI is InChI=1S/C35H47N5O6S/c1-4-17-39(18-5-2)35(44)29-22-28(23-30(24-29)47(36,45)46)34(43)37-31(20-26-13-9-7-10-14-26)32(41)25-40(19-6-3)38-33(42)21-27-15-11-8-12-16-27/h7-16,22-24,31-32,41H,4-6,17-21,25H2,1-3H3,(H,37,43)(H,38,42)(H2,36,45,46). The van der Waals surface area contributed by atoms with Gasteiger partial charge in [0.2, 0.25) is 15.9 Å². The normalized spacial score (nSPS) is 12.7. The number of nitrogens with one attached hydrogen (secondary N) is 2. The lowest BCUT2D eigenvalue weighted by Crippen LogP contribution is -2.53. The highest BCUT2D eigenvalue weighted by molar-refractivity contribution is 7.89. The summed E-state index contributed by atoms with van der Waals surface area (Å²) in [5.74, 6) is -1.33. The van der Waals surface area contributed by atoms with Crippen molar-refractivity contribution in [2.24, 2.45) is 5.14 Å². The van der Waals surface area contributed by atoms with Crippen LogP contribution in [0.15, 0.2) is 83.8 Å². The second kappa shape index (κ2) is 18.3. The second-order valence-corrected chi connectivity index (χ2v) is 13.1. The number of benzene rings is 3. The van der Waals surface area contributed by atoms with Crippen molar-refractivity contribution in [3.05, 3.63) is 101 Å². The van der Waals surface area contributed by atoms with Crippen LogP contribution in [0.2, 0.25) is 0 Å². The smallest absolute Gasteiger partial charge is 0.253 e. The average Bonchev–Trinajstić information content (AvgIpc) is 3.04. The minimum Gasteiger partial charge on any atom is -0.390 e. The summed E-state index contributed by atoms with van der Waals surface area (Å²) in [5, 5.41) is 21.4. The SMILES string of the molecule is CCCN(CC(O)C(Cc1ccccc1)NC(=O)c1cc(C(=O)N(CCC)CCC)cc(S(N)(=O)=O)c1)NC(=O)Cc1ccccc1. The topological polar surface area (TPSA) is 162 Å². The van der Waals surface area contributed by atoms with Crippen LogP contribution in [0.25, 0.3) is 0 Å². The van der Waals surface area contributed by atoms with Gasteiger partial charge >= 0.3 is 0 Å². The summed E-state index contributed by atoms with van der Waals surface area (Å²) in [5.41, 5.74) is 4.51. The molecule has 2 unspecified atom stereocenters. The Morgan fingerprint density at radius 2 is 1.36 bits per heavy atom. The molecule has 5 N–H and O–H groups in total. The molecule has 2 atom stereocenters. The van der Waals surface area contributed by atoms with Gasteiger partial charge in [-0.05, 0) is 55.0 Å². The second-order valence-electron chi connectivity index (χ2n) is 11.6. The number of nitrogens with zero attached hydrogens (tertiary/aromatic N) is 2. The number of rotatable bonds is 18. The van der Waals surface area contributed by atoms with E-state index in [1.807, 2.05) is 81.4 Å². The van der Waals surface area contributed by atoms with Crippen molar-refractivity contribution in [2.75, 3.05) is 26.2 Å². The number of aliphatic hydroxyl groups is 1. The number of aliphatic hydroxyl groups excluding tert-OH is 1. The van der Waals surface area contributed by atoms with Crippen molar-refractivity contribution in [2.45, 2.75) is 69.9 Å². The first-order chi connectivity index (χ1) is 22.4. The van der Waals surface area contributed by atoms with E-state index in [4.69, 9.17) is 5.14 Å². The van der Waals surface area contributed by atoms with Gasteiger partial charge < -0.3 is 15.3 Å². The van der Waals surface area contributed by atoms with Crippen molar-refractivity contribution in [3.8, 4) is 0 Å². The summed E-state index contributed by atoms with van der Waals surface area (Å²) in [6.45, 7) is 7.22. The lowest BCUT2D eigenvalue weighted by molar-refractivity contribution is -0.126. The maximum atomic E-state index is 13.8. The van der Waals surface area contributed by atoms with Crippen molar-refractivity contribution >= 4 is 27.7 Å². The first-order valence-electron chi connectivity index (χ1n) is 16.0. The number of carbonyl (C=O) groups excluding carboxylic acids is 3. The molecule has 0 aliphatic carbocycles. The van der Waals surface area contributed by atoms with Gasteiger partial charge in [0, 0.05) is 37.3 Å². The number of nitrogens with two attached hydrogens (primary N) is 1. The van der Waals surface area contributed by atoms with E-state index in [9.17, 15) is 27.9 Å². The summed E-state index contributed by atoms with van der Waals surface area (Å²) in [4.78, 5) is 41.3. The number of amides is 3. The third-order valence-corrected chi connectivity index (χ3v) is 8.38. The molecule has 3 aromatic carbocycles. The Morgan fingerprint density at radius 1 is 0.809 bits per heavy atom. The zero-order chi connectivity index (χ0) is 34.4. The van der Waals surface area contributed by atoms with Crippen molar-refractivity contribution in [1.82, 2.24) is 20.7 Å². The fraction of sp³-hybridized carbons (Fsp3) is 0.400. The highest BCUT2D eigenvalue weighted by Gasteiger charge is 2.27. The van der Waals surface area contributed by atoms with Crippen molar-refractivity contribution in [1.29, 1.82) is 0 Å². The minimum atomic E-state index is -4.26. The molecule has 47 heavy (non-hydrogen) atoms. The molecule has 0 fully saturated rings. The number of primary sulfonamides is 1. The number of carbonyl (C=O) groups is 3. The summed E-state index contributed by atoms with van der Waals surface area (Å²) in [6.07, 6.45) is 1.36. The van der Waals surface area contributed by atoms with Gasteiger partial charge in [-0.25, -0.2) is 18.6 Å². The highest BCUT2D eigenvalue weighted by atomic mass is 32.2.